The third kappa shape index (κ3) is 3.48. The van der Waals surface area contributed by atoms with Crippen molar-refractivity contribution in [3.8, 4) is 0 Å². The van der Waals surface area contributed by atoms with Crippen LogP contribution in [-0.2, 0) is 14.8 Å². The molecule has 1 aromatic carbocycles. The van der Waals surface area contributed by atoms with Gasteiger partial charge < -0.3 is 5.11 Å². The Morgan fingerprint density at radius 1 is 1.37 bits per heavy atom. The van der Waals surface area contributed by atoms with E-state index in [1.54, 1.807) is 0 Å². The molecular weight excluding hydrogens is 276 g/mol. The van der Waals surface area contributed by atoms with Crippen molar-refractivity contribution in [2.75, 3.05) is 6.54 Å². The molecule has 0 saturated heterocycles. The molecule has 0 aliphatic rings. The molecule has 0 fully saturated rings. The maximum Gasteiger partial charge on any atom is 0.318 e. The molecule has 9 heteroatoms. The predicted molar refractivity (Wildman–Crippen MR) is 65.4 cm³/mol. The Hall–Kier alpha value is -2.00. The average molecular weight is 288 g/mol. The van der Waals surface area contributed by atoms with E-state index in [2.05, 4.69) is 0 Å². The lowest BCUT2D eigenvalue weighted by atomic mass is 10.1. The van der Waals surface area contributed by atoms with Crippen LogP contribution in [0.25, 0.3) is 0 Å². The molecule has 0 aromatic heterocycles. The highest BCUT2D eigenvalue weighted by Gasteiger charge is 2.22. The molecule has 1 rings (SSSR count). The van der Waals surface area contributed by atoms with Crippen LogP contribution in [0.5, 0.6) is 0 Å². The number of carbonyl (C=O) groups is 1. The number of nitro groups is 1. The molecule has 0 saturated carbocycles. The normalized spacial score (nSPS) is 11.3. The van der Waals surface area contributed by atoms with Crippen molar-refractivity contribution in [1.29, 1.82) is 0 Å². The molecular formula is C10H12N2O6S. The second-order valence-corrected chi connectivity index (χ2v) is 5.61. The van der Waals surface area contributed by atoms with Gasteiger partial charge in [0, 0.05) is 11.6 Å². The molecule has 0 amide bonds. The molecule has 0 unspecified atom stereocenters. The molecule has 104 valence electrons. The molecule has 19 heavy (non-hydrogen) atoms. The van der Waals surface area contributed by atoms with Crippen LogP contribution in [-0.4, -0.2) is 31.0 Å². The zero-order valence-corrected chi connectivity index (χ0v) is 11.0. The van der Waals surface area contributed by atoms with E-state index in [0.29, 0.717) is 0 Å². The summed E-state index contributed by atoms with van der Waals surface area (Å²) in [5, 5.41) is 19.2. The minimum Gasteiger partial charge on any atom is -0.480 e. The number of aliphatic carboxylic acids is 1. The molecule has 0 aliphatic heterocycles. The van der Waals surface area contributed by atoms with Crippen LogP contribution in [0.2, 0.25) is 0 Å². The van der Waals surface area contributed by atoms with Crippen molar-refractivity contribution in [3.63, 3.8) is 0 Å². The first-order valence-electron chi connectivity index (χ1n) is 5.12. The van der Waals surface area contributed by atoms with Crippen LogP contribution in [0.15, 0.2) is 17.0 Å². The number of sulfonamides is 1. The van der Waals surface area contributed by atoms with E-state index in [4.69, 9.17) is 5.11 Å². The van der Waals surface area contributed by atoms with Gasteiger partial charge in [-0.2, -0.15) is 4.72 Å². The zero-order chi connectivity index (χ0) is 14.8. The quantitative estimate of drug-likeness (QED) is 0.602. The summed E-state index contributed by atoms with van der Waals surface area (Å²) < 4.78 is 25.6. The summed E-state index contributed by atoms with van der Waals surface area (Å²) in [5.41, 5.74) is 0.177. The van der Waals surface area contributed by atoms with Crippen molar-refractivity contribution in [3.05, 3.63) is 33.4 Å². The van der Waals surface area contributed by atoms with Gasteiger partial charge in [-0.15, -0.1) is 0 Å². The average Bonchev–Trinajstić information content (AvgIpc) is 2.28. The summed E-state index contributed by atoms with van der Waals surface area (Å²) in [6, 6.07) is 2.29. The SMILES string of the molecule is Cc1cc(S(=O)(=O)NCC(=O)O)c(C)cc1[N+](=O)[O-]. The first-order chi connectivity index (χ1) is 8.65. The number of benzene rings is 1. The minimum absolute atomic E-state index is 0.170. The highest BCUT2D eigenvalue weighted by Crippen LogP contribution is 2.25. The van der Waals surface area contributed by atoms with Crippen LogP contribution >= 0.6 is 0 Å². The standard InChI is InChI=1S/C10H12N2O6S/c1-6-4-9(7(2)3-8(6)12(15)16)19(17,18)11-5-10(13)14/h3-4,11H,5H2,1-2H3,(H,13,14). The number of nitrogens with zero attached hydrogens (tertiary/aromatic N) is 1. The van der Waals surface area contributed by atoms with E-state index < -0.39 is 27.5 Å². The fourth-order valence-electron chi connectivity index (χ4n) is 1.50. The van der Waals surface area contributed by atoms with Gasteiger partial charge in [-0.25, -0.2) is 8.42 Å². The van der Waals surface area contributed by atoms with Crippen molar-refractivity contribution in [2.24, 2.45) is 0 Å². The number of carboxylic acids is 1. The second kappa shape index (κ2) is 5.33. The van der Waals surface area contributed by atoms with Gasteiger partial charge in [-0.1, -0.05) is 0 Å². The number of hydrogen-bond acceptors (Lipinski definition) is 5. The molecule has 0 spiro atoms. The van der Waals surface area contributed by atoms with Gasteiger partial charge in [0.1, 0.15) is 6.54 Å². The summed E-state index contributed by atoms with van der Waals surface area (Å²) >= 11 is 0. The zero-order valence-electron chi connectivity index (χ0n) is 10.2. The van der Waals surface area contributed by atoms with Crippen LogP contribution in [0.4, 0.5) is 5.69 Å². The second-order valence-electron chi connectivity index (χ2n) is 3.88. The lowest BCUT2D eigenvalue weighted by Gasteiger charge is -2.09. The summed E-state index contributed by atoms with van der Waals surface area (Å²) in [7, 11) is -4.00. The molecule has 0 aliphatic carbocycles. The van der Waals surface area contributed by atoms with Gasteiger partial charge in [-0.3, -0.25) is 14.9 Å². The molecule has 1 aromatic rings. The highest BCUT2D eigenvalue weighted by molar-refractivity contribution is 7.89. The predicted octanol–water partition coefficient (Wildman–Crippen LogP) is 0.575. The van der Waals surface area contributed by atoms with Crippen molar-refractivity contribution in [1.82, 2.24) is 4.72 Å². The Labute approximate surface area is 109 Å². The summed E-state index contributed by atoms with van der Waals surface area (Å²) in [5.74, 6) is -1.32. The van der Waals surface area contributed by atoms with E-state index in [1.807, 2.05) is 4.72 Å². The Morgan fingerprint density at radius 3 is 2.42 bits per heavy atom. The van der Waals surface area contributed by atoms with Gasteiger partial charge in [0.2, 0.25) is 10.0 Å². The van der Waals surface area contributed by atoms with Crippen molar-refractivity contribution >= 4 is 21.7 Å². The van der Waals surface area contributed by atoms with Gasteiger partial charge in [0.05, 0.1) is 9.82 Å². The molecule has 0 radical (unpaired) electrons. The first-order valence-corrected chi connectivity index (χ1v) is 6.60. The number of aryl methyl sites for hydroxylation is 2. The third-order valence-electron chi connectivity index (χ3n) is 2.39. The summed E-state index contributed by atoms with van der Waals surface area (Å²) in [6.45, 7) is 2.06. The minimum atomic E-state index is -4.00. The van der Waals surface area contributed by atoms with Gasteiger partial charge in [0.25, 0.3) is 5.69 Å². The van der Waals surface area contributed by atoms with Crippen LogP contribution in [0, 0.1) is 24.0 Å². The molecule has 0 heterocycles. The molecule has 8 nitrogen and oxygen atoms in total. The van der Waals surface area contributed by atoms with E-state index in [-0.39, 0.29) is 21.7 Å². The number of nitro benzene ring substituents is 1. The van der Waals surface area contributed by atoms with Crippen molar-refractivity contribution < 1.29 is 23.2 Å². The smallest absolute Gasteiger partial charge is 0.318 e. The maximum absolute atomic E-state index is 11.8. The Balaban J connectivity index is 3.25. The van der Waals surface area contributed by atoms with E-state index in [0.717, 1.165) is 12.1 Å². The fraction of sp³-hybridized carbons (Fsp3) is 0.300. The van der Waals surface area contributed by atoms with Crippen LogP contribution in [0.1, 0.15) is 11.1 Å². The van der Waals surface area contributed by atoms with Crippen molar-refractivity contribution in [2.45, 2.75) is 18.7 Å². The molecule has 0 bridgehead atoms. The largest absolute Gasteiger partial charge is 0.480 e. The summed E-state index contributed by atoms with van der Waals surface area (Å²) in [4.78, 5) is 20.3. The molecule has 2 N–H and O–H groups in total. The Bertz CT molecular complexity index is 638. The molecule has 0 atom stereocenters. The third-order valence-corrected chi connectivity index (χ3v) is 3.94. The lowest BCUT2D eigenvalue weighted by molar-refractivity contribution is -0.385. The number of hydrogen-bond donors (Lipinski definition) is 2. The number of carboxylic acid groups (broad SMARTS) is 1. The van der Waals surface area contributed by atoms with E-state index in [1.165, 1.54) is 13.8 Å². The van der Waals surface area contributed by atoms with Crippen LogP contribution in [0.3, 0.4) is 0 Å². The van der Waals surface area contributed by atoms with E-state index in [9.17, 15) is 23.3 Å². The topological polar surface area (TPSA) is 127 Å². The first kappa shape index (κ1) is 15.1. The Kier molecular flexibility index (Phi) is 4.22. The fourth-order valence-corrected chi connectivity index (χ4v) is 2.78. The van der Waals surface area contributed by atoms with E-state index >= 15 is 0 Å². The number of rotatable bonds is 5. The number of nitrogens with one attached hydrogen (secondary N) is 1. The van der Waals surface area contributed by atoms with Gasteiger partial charge in [-0.05, 0) is 25.5 Å². The Morgan fingerprint density at radius 2 is 1.95 bits per heavy atom. The monoisotopic (exact) mass is 288 g/mol. The highest BCUT2D eigenvalue weighted by atomic mass is 32.2. The van der Waals surface area contributed by atoms with Gasteiger partial charge >= 0.3 is 5.97 Å². The maximum atomic E-state index is 11.8. The van der Waals surface area contributed by atoms with Gasteiger partial charge in [0.15, 0.2) is 0 Å². The lowest BCUT2D eigenvalue weighted by Crippen LogP contribution is -2.30. The van der Waals surface area contributed by atoms with Crippen LogP contribution < -0.4 is 4.72 Å². The summed E-state index contributed by atoms with van der Waals surface area (Å²) in [6.07, 6.45) is 0.